The molecule has 1 fully saturated rings. The topological polar surface area (TPSA) is 78.5 Å². The Morgan fingerprint density at radius 1 is 0.818 bits per heavy atom. The molecule has 2 N–H and O–H groups in total. The first-order valence-electron chi connectivity index (χ1n) is 11.0. The van der Waals surface area contributed by atoms with E-state index < -0.39 is 10.0 Å². The third-order valence-electron chi connectivity index (χ3n) is 5.47. The van der Waals surface area contributed by atoms with Crippen LogP contribution in [0.4, 0.5) is 17.1 Å². The van der Waals surface area contributed by atoms with Crippen LogP contribution in [0.1, 0.15) is 35.2 Å². The van der Waals surface area contributed by atoms with Crippen LogP contribution in [-0.4, -0.2) is 27.4 Å². The number of amides is 1. The summed E-state index contributed by atoms with van der Waals surface area (Å²) in [5.74, 6) is -0.246. The number of rotatable bonds is 7. The van der Waals surface area contributed by atoms with E-state index in [-0.39, 0.29) is 5.91 Å². The van der Waals surface area contributed by atoms with Gasteiger partial charge in [0.25, 0.3) is 15.9 Å². The van der Waals surface area contributed by atoms with E-state index in [1.807, 2.05) is 48.5 Å². The number of nitrogens with zero attached hydrogens (tertiary/aromatic N) is 1. The lowest BCUT2D eigenvalue weighted by Crippen LogP contribution is -2.29. The lowest BCUT2D eigenvalue weighted by molar-refractivity contribution is 0.102. The third-order valence-corrected chi connectivity index (χ3v) is 6.49. The standard InChI is InChI=1S/C26H27N3O3S/c30-26(27-24-10-7-11-25(20-24)29-17-5-2-6-18-29)22-12-14-23(15-13-22)28-33(31,32)19-16-21-8-3-1-4-9-21/h1,3-4,7-16,19-20,28H,2,5-6,17-18H2,(H,27,30)/b19-16+. The highest BCUT2D eigenvalue weighted by molar-refractivity contribution is 7.95. The summed E-state index contributed by atoms with van der Waals surface area (Å²) in [4.78, 5) is 15.0. The quantitative estimate of drug-likeness (QED) is 0.498. The SMILES string of the molecule is O=C(Nc1cccc(N2CCCCC2)c1)c1ccc(NS(=O)(=O)/C=C/c2ccccc2)cc1. The summed E-state index contributed by atoms with van der Waals surface area (Å²) in [5, 5.41) is 4.05. The smallest absolute Gasteiger partial charge is 0.255 e. The summed E-state index contributed by atoms with van der Waals surface area (Å²) in [7, 11) is -3.67. The average molecular weight is 462 g/mol. The largest absolute Gasteiger partial charge is 0.371 e. The number of carbonyl (C=O) groups is 1. The van der Waals surface area contributed by atoms with Crippen molar-refractivity contribution in [3.63, 3.8) is 0 Å². The van der Waals surface area contributed by atoms with E-state index in [1.54, 1.807) is 24.3 Å². The van der Waals surface area contributed by atoms with Crippen LogP contribution in [0.15, 0.2) is 84.3 Å². The van der Waals surface area contributed by atoms with Gasteiger partial charge in [-0.2, -0.15) is 0 Å². The summed E-state index contributed by atoms with van der Waals surface area (Å²) >= 11 is 0. The molecule has 0 bridgehead atoms. The Labute approximate surface area is 195 Å². The van der Waals surface area contributed by atoms with Gasteiger partial charge in [0.05, 0.1) is 5.41 Å². The Hall–Kier alpha value is -3.58. The molecular formula is C26H27N3O3S. The highest BCUT2D eigenvalue weighted by Crippen LogP contribution is 2.23. The third kappa shape index (κ3) is 6.46. The maximum Gasteiger partial charge on any atom is 0.255 e. The Morgan fingerprint density at radius 3 is 2.27 bits per heavy atom. The monoisotopic (exact) mass is 461 g/mol. The van der Waals surface area contributed by atoms with Gasteiger partial charge in [-0.1, -0.05) is 36.4 Å². The number of anilines is 3. The van der Waals surface area contributed by atoms with Gasteiger partial charge >= 0.3 is 0 Å². The molecule has 1 heterocycles. The average Bonchev–Trinajstić information content (AvgIpc) is 2.84. The molecule has 1 aliphatic rings. The van der Waals surface area contributed by atoms with Gasteiger partial charge in [0.2, 0.25) is 0 Å². The number of benzene rings is 3. The zero-order valence-electron chi connectivity index (χ0n) is 18.3. The Kier molecular flexibility index (Phi) is 7.10. The predicted molar refractivity (Wildman–Crippen MR) is 135 cm³/mol. The molecule has 0 aromatic heterocycles. The normalized spacial score (nSPS) is 14.2. The Bertz CT molecular complexity index is 1220. The van der Waals surface area contributed by atoms with E-state index in [4.69, 9.17) is 0 Å². The molecule has 0 saturated carbocycles. The van der Waals surface area contributed by atoms with Crippen LogP contribution in [0.3, 0.4) is 0 Å². The van der Waals surface area contributed by atoms with Crippen LogP contribution in [-0.2, 0) is 10.0 Å². The second-order valence-electron chi connectivity index (χ2n) is 7.99. The molecule has 1 aliphatic heterocycles. The van der Waals surface area contributed by atoms with Gasteiger partial charge in [0, 0.05) is 35.7 Å². The predicted octanol–water partition coefficient (Wildman–Crippen LogP) is 5.34. The maximum absolute atomic E-state index is 12.7. The minimum Gasteiger partial charge on any atom is -0.371 e. The molecule has 6 nitrogen and oxygen atoms in total. The lowest BCUT2D eigenvalue weighted by atomic mass is 10.1. The van der Waals surface area contributed by atoms with E-state index in [0.717, 1.165) is 35.4 Å². The van der Waals surface area contributed by atoms with Crippen molar-refractivity contribution in [3.8, 4) is 0 Å². The van der Waals surface area contributed by atoms with Crippen LogP contribution >= 0.6 is 0 Å². The molecule has 1 amide bonds. The van der Waals surface area contributed by atoms with Crippen LogP contribution in [0, 0.1) is 0 Å². The molecule has 0 radical (unpaired) electrons. The number of hydrogen-bond acceptors (Lipinski definition) is 4. The highest BCUT2D eigenvalue weighted by atomic mass is 32.2. The fourth-order valence-corrected chi connectivity index (χ4v) is 4.62. The van der Waals surface area contributed by atoms with Crippen LogP contribution < -0.4 is 14.9 Å². The Balaban J connectivity index is 1.38. The van der Waals surface area contributed by atoms with E-state index in [9.17, 15) is 13.2 Å². The van der Waals surface area contributed by atoms with Gasteiger partial charge in [-0.05, 0) is 73.4 Å². The van der Waals surface area contributed by atoms with Crippen molar-refractivity contribution in [1.82, 2.24) is 0 Å². The van der Waals surface area contributed by atoms with E-state index in [2.05, 4.69) is 21.0 Å². The van der Waals surface area contributed by atoms with Crippen LogP contribution in [0.2, 0.25) is 0 Å². The first-order valence-corrected chi connectivity index (χ1v) is 12.6. The van der Waals surface area contributed by atoms with Gasteiger partial charge in [-0.15, -0.1) is 0 Å². The van der Waals surface area contributed by atoms with Crippen molar-refractivity contribution in [2.75, 3.05) is 28.0 Å². The van der Waals surface area contributed by atoms with Crippen molar-refractivity contribution in [1.29, 1.82) is 0 Å². The molecule has 0 atom stereocenters. The molecule has 170 valence electrons. The molecule has 33 heavy (non-hydrogen) atoms. The molecule has 0 unspecified atom stereocenters. The van der Waals surface area contributed by atoms with Crippen molar-refractivity contribution >= 4 is 39.1 Å². The summed E-state index contributed by atoms with van der Waals surface area (Å²) < 4.78 is 27.1. The second-order valence-corrected chi connectivity index (χ2v) is 9.56. The first-order chi connectivity index (χ1) is 16.0. The van der Waals surface area contributed by atoms with Crippen molar-refractivity contribution in [2.24, 2.45) is 0 Å². The van der Waals surface area contributed by atoms with Crippen molar-refractivity contribution in [2.45, 2.75) is 19.3 Å². The second kappa shape index (κ2) is 10.4. The molecule has 3 aromatic rings. The van der Waals surface area contributed by atoms with E-state index >= 15 is 0 Å². The van der Waals surface area contributed by atoms with Crippen molar-refractivity contribution < 1.29 is 13.2 Å². The van der Waals surface area contributed by atoms with E-state index in [0.29, 0.717) is 11.3 Å². The number of hydrogen-bond donors (Lipinski definition) is 2. The summed E-state index contributed by atoms with van der Waals surface area (Å²) in [5.41, 5.74) is 3.47. The molecule has 0 spiro atoms. The summed E-state index contributed by atoms with van der Waals surface area (Å²) in [6.45, 7) is 2.07. The fraction of sp³-hybridized carbons (Fsp3) is 0.192. The molecular weight excluding hydrogens is 434 g/mol. The van der Waals surface area contributed by atoms with Gasteiger partial charge in [-0.25, -0.2) is 8.42 Å². The van der Waals surface area contributed by atoms with Gasteiger partial charge < -0.3 is 10.2 Å². The summed E-state index contributed by atoms with van der Waals surface area (Å²) in [6, 6.07) is 23.4. The molecule has 4 rings (SSSR count). The number of piperidine rings is 1. The van der Waals surface area contributed by atoms with E-state index in [1.165, 1.54) is 25.3 Å². The number of sulfonamides is 1. The van der Waals surface area contributed by atoms with Gasteiger partial charge in [0.15, 0.2) is 0 Å². The molecule has 3 aromatic carbocycles. The molecule has 1 saturated heterocycles. The Morgan fingerprint density at radius 2 is 1.55 bits per heavy atom. The maximum atomic E-state index is 12.7. The minimum atomic E-state index is -3.67. The van der Waals surface area contributed by atoms with Gasteiger partial charge in [0.1, 0.15) is 0 Å². The first kappa shape index (κ1) is 22.6. The zero-order valence-corrected chi connectivity index (χ0v) is 19.1. The fourth-order valence-electron chi connectivity index (χ4n) is 3.76. The minimum absolute atomic E-state index is 0.246. The van der Waals surface area contributed by atoms with Crippen molar-refractivity contribution in [3.05, 3.63) is 95.4 Å². The highest BCUT2D eigenvalue weighted by Gasteiger charge is 2.13. The molecule has 0 aliphatic carbocycles. The van der Waals surface area contributed by atoms with Crippen LogP contribution in [0.5, 0.6) is 0 Å². The van der Waals surface area contributed by atoms with Crippen LogP contribution in [0.25, 0.3) is 6.08 Å². The molecule has 7 heteroatoms. The zero-order chi connectivity index (χ0) is 23.1. The van der Waals surface area contributed by atoms with Gasteiger partial charge in [-0.3, -0.25) is 9.52 Å². The summed E-state index contributed by atoms with van der Waals surface area (Å²) in [6.07, 6.45) is 5.17. The number of carbonyl (C=O) groups excluding carboxylic acids is 1. The lowest BCUT2D eigenvalue weighted by Gasteiger charge is -2.29. The number of nitrogens with one attached hydrogen (secondary N) is 2.